The van der Waals surface area contributed by atoms with Crippen LogP contribution < -0.4 is 10.2 Å². The molecular formula is C16H11F6N4S+. The Morgan fingerprint density at radius 1 is 1.04 bits per heavy atom. The minimum Gasteiger partial charge on any atom is -0.284 e. The van der Waals surface area contributed by atoms with Crippen LogP contribution in [0, 0.1) is 0 Å². The highest BCUT2D eigenvalue weighted by Gasteiger charge is 2.39. The molecule has 0 N–H and O–H groups in total. The second-order valence-corrected chi connectivity index (χ2v) is 6.63. The van der Waals surface area contributed by atoms with Crippen LogP contribution in [0.2, 0.25) is 0 Å². The number of rotatable bonds is 3. The van der Waals surface area contributed by atoms with Crippen LogP contribution in [-0.2, 0) is 12.4 Å². The van der Waals surface area contributed by atoms with Crippen molar-refractivity contribution in [2.45, 2.75) is 19.3 Å². The molecule has 2 aromatic rings. The van der Waals surface area contributed by atoms with E-state index in [0.29, 0.717) is 0 Å². The van der Waals surface area contributed by atoms with Crippen LogP contribution >= 0.6 is 11.3 Å². The van der Waals surface area contributed by atoms with Gasteiger partial charge in [0.2, 0.25) is 10.3 Å². The first-order valence-electron chi connectivity index (χ1n) is 7.49. The van der Waals surface area contributed by atoms with Gasteiger partial charge in [-0.1, -0.05) is 22.8 Å². The van der Waals surface area contributed by atoms with Crippen LogP contribution in [0.25, 0.3) is 0 Å². The van der Waals surface area contributed by atoms with Gasteiger partial charge < -0.3 is 0 Å². The van der Waals surface area contributed by atoms with Crippen molar-refractivity contribution >= 4 is 22.2 Å². The molecule has 4 nitrogen and oxygen atoms in total. The van der Waals surface area contributed by atoms with E-state index in [2.05, 4.69) is 15.5 Å². The molecule has 0 spiro atoms. The van der Waals surface area contributed by atoms with Gasteiger partial charge in [-0.3, -0.25) is 4.90 Å². The average molecular weight is 405 g/mol. The molecule has 0 saturated heterocycles. The molecule has 2 radical (unpaired) electrons. The molecular weight excluding hydrogens is 394 g/mol. The normalized spacial score (nSPS) is 15.6. The molecule has 0 bridgehead atoms. The Morgan fingerprint density at radius 3 is 2.41 bits per heavy atom. The topological polar surface area (TPSA) is 43.1 Å². The maximum atomic E-state index is 13.0. The maximum absolute atomic E-state index is 13.0. The highest BCUT2D eigenvalue weighted by molar-refractivity contribution is 7.15. The summed E-state index contributed by atoms with van der Waals surface area (Å²) < 4.78 is 76.9. The predicted octanol–water partition coefficient (Wildman–Crippen LogP) is 5.12. The quantitative estimate of drug-likeness (QED) is 0.666. The fraction of sp³-hybridized carbons (Fsp3) is 0.250. The SMILES string of the molecule is CC1=CC=C([N+]c2nnc(C(F)(F)F)s2)N(c2cccc(C(F)(F)F)c2)C1. The van der Waals surface area contributed by atoms with Crippen LogP contribution in [0.5, 0.6) is 0 Å². The fourth-order valence-corrected chi connectivity index (χ4v) is 2.93. The Labute approximate surface area is 153 Å². The first-order valence-corrected chi connectivity index (χ1v) is 8.30. The first kappa shape index (κ1) is 19.4. The van der Waals surface area contributed by atoms with E-state index in [9.17, 15) is 26.3 Å². The molecule has 0 atom stereocenters. The third kappa shape index (κ3) is 4.48. The van der Waals surface area contributed by atoms with Crippen molar-refractivity contribution in [2.75, 3.05) is 11.4 Å². The van der Waals surface area contributed by atoms with Gasteiger partial charge in [0.1, 0.15) is 0 Å². The van der Waals surface area contributed by atoms with E-state index in [1.54, 1.807) is 13.0 Å². The van der Waals surface area contributed by atoms with Gasteiger partial charge in [-0.2, -0.15) is 26.3 Å². The fourth-order valence-electron chi connectivity index (χ4n) is 2.33. The predicted molar refractivity (Wildman–Crippen MR) is 87.3 cm³/mol. The van der Waals surface area contributed by atoms with Crippen LogP contribution in [0.3, 0.4) is 0 Å². The van der Waals surface area contributed by atoms with E-state index in [-0.39, 0.29) is 34.5 Å². The van der Waals surface area contributed by atoms with Crippen molar-refractivity contribution in [3.05, 3.63) is 58.4 Å². The summed E-state index contributed by atoms with van der Waals surface area (Å²) >= 11 is 0.257. The highest BCUT2D eigenvalue weighted by atomic mass is 32.1. The Bertz CT molecular complexity index is 897. The maximum Gasteiger partial charge on any atom is 0.445 e. The number of halogens is 6. The number of nitrogens with zero attached hydrogens (tertiary/aromatic N) is 4. The Morgan fingerprint density at radius 2 is 1.78 bits per heavy atom. The lowest BCUT2D eigenvalue weighted by Crippen LogP contribution is -2.30. The third-order valence-corrected chi connectivity index (χ3v) is 4.42. The Balaban J connectivity index is 1.90. The second kappa shape index (κ2) is 6.97. The standard InChI is InChI=1S/C16H11F6N4S/c1-9-5-6-12(23-14-25-24-13(27-14)16(20,21)22)26(8-9)11-4-2-3-10(7-11)15(17,18)19/h2-7H,8H2,1H3/q+1. The van der Waals surface area contributed by atoms with Gasteiger partial charge in [0.25, 0.3) is 0 Å². The van der Waals surface area contributed by atoms with E-state index in [0.717, 1.165) is 17.7 Å². The minimum absolute atomic E-state index is 0.171. The molecule has 3 rings (SSSR count). The lowest BCUT2D eigenvalue weighted by molar-refractivity contribution is -0.138. The molecule has 0 amide bonds. The molecule has 27 heavy (non-hydrogen) atoms. The van der Waals surface area contributed by atoms with Crippen molar-refractivity contribution in [2.24, 2.45) is 0 Å². The number of alkyl halides is 6. The largest absolute Gasteiger partial charge is 0.445 e. The molecule has 0 saturated carbocycles. The number of hydrogen-bond acceptors (Lipinski definition) is 4. The van der Waals surface area contributed by atoms with Crippen LogP contribution in [0.15, 0.2) is 47.8 Å². The lowest BCUT2D eigenvalue weighted by atomic mass is 10.1. The van der Waals surface area contributed by atoms with E-state index in [1.165, 1.54) is 23.1 Å². The molecule has 142 valence electrons. The summed E-state index contributed by atoms with van der Waals surface area (Å²) in [7, 11) is 0. The summed E-state index contributed by atoms with van der Waals surface area (Å²) in [5, 5.41) is 9.11. The summed E-state index contributed by atoms with van der Waals surface area (Å²) in [5.41, 5.74) is 0.231. The van der Waals surface area contributed by atoms with E-state index >= 15 is 0 Å². The summed E-state index contributed by atoms with van der Waals surface area (Å²) in [6.45, 7) is 2.02. The monoisotopic (exact) mass is 405 g/mol. The summed E-state index contributed by atoms with van der Waals surface area (Å²) in [6, 6.07) is 4.63. The average Bonchev–Trinajstić information content (AvgIpc) is 3.05. The third-order valence-electron chi connectivity index (χ3n) is 3.55. The molecule has 1 aromatic heterocycles. The number of allylic oxidation sites excluding steroid dienone is 2. The second-order valence-electron chi connectivity index (χ2n) is 5.67. The van der Waals surface area contributed by atoms with Gasteiger partial charge in [0.05, 0.1) is 5.56 Å². The molecule has 0 unspecified atom stereocenters. The summed E-state index contributed by atoms with van der Waals surface area (Å²) in [5.74, 6) is 0.171. The number of aromatic nitrogens is 2. The highest BCUT2D eigenvalue weighted by Crippen LogP contribution is 2.36. The van der Waals surface area contributed by atoms with Gasteiger partial charge in [0.15, 0.2) is 0 Å². The zero-order valence-corrected chi connectivity index (χ0v) is 14.5. The van der Waals surface area contributed by atoms with Crippen LogP contribution in [0.4, 0.5) is 37.2 Å². The van der Waals surface area contributed by atoms with Crippen molar-refractivity contribution in [3.63, 3.8) is 0 Å². The van der Waals surface area contributed by atoms with Gasteiger partial charge in [0, 0.05) is 18.3 Å². The number of hydrogen-bond donors (Lipinski definition) is 0. The zero-order valence-electron chi connectivity index (χ0n) is 13.6. The van der Waals surface area contributed by atoms with Crippen molar-refractivity contribution in [1.82, 2.24) is 15.5 Å². The zero-order chi connectivity index (χ0) is 19.8. The van der Waals surface area contributed by atoms with Crippen LogP contribution in [0.1, 0.15) is 17.5 Å². The van der Waals surface area contributed by atoms with Gasteiger partial charge >= 0.3 is 23.3 Å². The molecule has 1 aliphatic heterocycles. The number of benzene rings is 1. The van der Waals surface area contributed by atoms with Gasteiger partial charge in [-0.15, -0.1) is 5.10 Å². The van der Waals surface area contributed by atoms with E-state index in [1.807, 2.05) is 0 Å². The Kier molecular flexibility index (Phi) is 5.00. The number of anilines is 1. The molecule has 1 aromatic carbocycles. The van der Waals surface area contributed by atoms with Crippen molar-refractivity contribution < 1.29 is 26.3 Å². The van der Waals surface area contributed by atoms with Gasteiger partial charge in [-0.05, 0) is 36.5 Å². The van der Waals surface area contributed by atoms with E-state index in [4.69, 9.17) is 0 Å². The van der Waals surface area contributed by atoms with Crippen LogP contribution in [-0.4, -0.2) is 16.7 Å². The van der Waals surface area contributed by atoms with E-state index < -0.39 is 22.9 Å². The molecule has 2 heterocycles. The smallest absolute Gasteiger partial charge is 0.284 e. The lowest BCUT2D eigenvalue weighted by Gasteiger charge is -2.23. The molecule has 0 aliphatic carbocycles. The molecule has 11 heteroatoms. The van der Waals surface area contributed by atoms with Gasteiger partial charge in [-0.25, -0.2) is 0 Å². The minimum atomic E-state index is -4.64. The molecule has 0 fully saturated rings. The van der Waals surface area contributed by atoms with Crippen molar-refractivity contribution in [3.8, 4) is 0 Å². The molecule has 1 aliphatic rings. The summed E-state index contributed by atoms with van der Waals surface area (Å²) in [4.78, 5) is 1.47. The summed E-state index contributed by atoms with van der Waals surface area (Å²) in [6.07, 6.45) is -5.95. The van der Waals surface area contributed by atoms with Crippen molar-refractivity contribution in [1.29, 1.82) is 0 Å². The Hall–Kier alpha value is -2.40. The first-order chi connectivity index (χ1) is 12.5.